The molecule has 0 aliphatic heterocycles. The lowest BCUT2D eigenvalue weighted by molar-refractivity contribution is 0.0922. The van der Waals surface area contributed by atoms with Gasteiger partial charge in [-0.2, -0.15) is 0 Å². The zero-order chi connectivity index (χ0) is 37.7. The molecule has 8 heteroatoms. The number of rotatable bonds is 6. The zero-order valence-electron chi connectivity index (χ0n) is 28.6. The number of phenolic OH excluding ortho intramolecular Hbond substituents is 1. The number of benzene rings is 8. The lowest BCUT2D eigenvalue weighted by atomic mass is 10.0. The normalized spacial score (nSPS) is 10.4. The Balaban J connectivity index is 0.000000165. The van der Waals surface area contributed by atoms with Crippen molar-refractivity contribution in [1.29, 1.82) is 0 Å². The molecule has 4 nitrogen and oxygen atoms in total. The summed E-state index contributed by atoms with van der Waals surface area (Å²) in [5.74, 6) is 1.10. The van der Waals surface area contributed by atoms with Crippen LogP contribution in [0.2, 0.25) is 10.0 Å². The van der Waals surface area contributed by atoms with E-state index in [1.807, 2.05) is 144 Å². The summed E-state index contributed by atoms with van der Waals surface area (Å²) in [5, 5.41) is 19.8. The fourth-order valence-electron chi connectivity index (χ4n) is 5.76. The van der Waals surface area contributed by atoms with E-state index >= 15 is 0 Å². The molecular formula is C45H34BrCl2IO4. The Kier molecular flexibility index (Phi) is 14.7. The summed E-state index contributed by atoms with van der Waals surface area (Å²) in [5.41, 5.74) is 1.42. The van der Waals surface area contributed by atoms with Crippen LogP contribution in [0.15, 0.2) is 158 Å². The highest BCUT2D eigenvalue weighted by atomic mass is 127. The Bertz CT molecular complexity index is 2490. The van der Waals surface area contributed by atoms with E-state index in [0.717, 1.165) is 48.7 Å². The first kappa shape index (κ1) is 39.7. The number of Topliss-reactive ketones (excluding diaryl/α,β-unsaturated/α-hetero) is 2. The number of fused-ring (bicyclic) bond motifs is 6. The van der Waals surface area contributed by atoms with Crippen LogP contribution < -0.4 is 4.74 Å². The summed E-state index contributed by atoms with van der Waals surface area (Å²) < 4.78 is 5.89. The fourth-order valence-corrected chi connectivity index (χ4v) is 6.43. The van der Waals surface area contributed by atoms with Crippen LogP contribution in [0.25, 0.3) is 43.1 Å². The van der Waals surface area contributed by atoms with Crippen LogP contribution in [-0.2, 0) is 0 Å². The molecular weight excluding hydrogens is 882 g/mol. The highest BCUT2D eigenvalue weighted by Gasteiger charge is 2.11. The monoisotopic (exact) mass is 914 g/mol. The molecule has 0 atom stereocenters. The van der Waals surface area contributed by atoms with Gasteiger partial charge in [0, 0.05) is 31.9 Å². The standard InChI is InChI=1S/C22H15ClO2.C14H9ClO.C8H7BrO.CH3I/c23-17-11-10-16-12-22(19-9-5-4-8-18(19)20(16)13-17)25-14-21(24)15-6-2-1-3-7-15;15-10-6-5-9-7-14(16)12-4-2-1-3-11(12)13(9)8-10;9-6-8(10)7-4-2-1-3-5-7;1-2/h1-13H,14H2;1-8,16H;1-5H,6H2;1H3. The number of carbonyl (C=O) groups excluding carboxylic acids is 2. The molecule has 8 rings (SSSR count). The average molecular weight is 916 g/mol. The highest BCUT2D eigenvalue weighted by Crippen LogP contribution is 2.35. The molecule has 0 fully saturated rings. The Labute approximate surface area is 340 Å². The number of ketones is 2. The molecule has 0 spiro atoms. The summed E-state index contributed by atoms with van der Waals surface area (Å²) in [6.45, 7) is 0.00705. The number of phenols is 1. The molecule has 0 radical (unpaired) electrons. The molecule has 53 heavy (non-hydrogen) atoms. The fraction of sp³-hybridized carbons (Fsp3) is 0.0667. The van der Waals surface area contributed by atoms with Gasteiger partial charge in [0.1, 0.15) is 11.5 Å². The molecule has 266 valence electrons. The van der Waals surface area contributed by atoms with Gasteiger partial charge in [-0.05, 0) is 73.6 Å². The minimum Gasteiger partial charge on any atom is -0.507 e. The minimum atomic E-state index is -0.0408. The average Bonchev–Trinajstić information content (AvgIpc) is 3.22. The quantitative estimate of drug-likeness (QED) is 0.0781. The minimum absolute atomic E-state index is 0.00705. The van der Waals surface area contributed by atoms with Crippen LogP contribution in [0.5, 0.6) is 11.5 Å². The largest absolute Gasteiger partial charge is 0.507 e. The number of alkyl halides is 2. The van der Waals surface area contributed by atoms with Crippen molar-refractivity contribution in [2.45, 2.75) is 0 Å². The third-order valence-electron chi connectivity index (χ3n) is 8.26. The van der Waals surface area contributed by atoms with Crippen LogP contribution in [0.4, 0.5) is 0 Å². The third kappa shape index (κ3) is 10.1. The van der Waals surface area contributed by atoms with Gasteiger partial charge in [0.15, 0.2) is 18.2 Å². The van der Waals surface area contributed by atoms with E-state index in [1.54, 1.807) is 18.2 Å². The molecule has 0 unspecified atom stereocenters. The van der Waals surface area contributed by atoms with Crippen LogP contribution in [0.3, 0.4) is 0 Å². The van der Waals surface area contributed by atoms with E-state index in [4.69, 9.17) is 27.9 Å². The summed E-state index contributed by atoms with van der Waals surface area (Å²) in [6, 6.07) is 49.4. The van der Waals surface area contributed by atoms with Gasteiger partial charge < -0.3 is 9.84 Å². The van der Waals surface area contributed by atoms with Crippen molar-refractivity contribution in [2.24, 2.45) is 0 Å². The Morgan fingerprint density at radius 1 is 0.547 bits per heavy atom. The Hall–Kier alpha value is -4.47. The Morgan fingerprint density at radius 2 is 0.981 bits per heavy atom. The molecule has 0 heterocycles. The van der Waals surface area contributed by atoms with Gasteiger partial charge >= 0.3 is 0 Å². The first-order valence-corrected chi connectivity index (χ1v) is 20.5. The predicted molar refractivity (Wildman–Crippen MR) is 235 cm³/mol. The first-order chi connectivity index (χ1) is 25.8. The Morgan fingerprint density at radius 3 is 1.51 bits per heavy atom. The van der Waals surface area contributed by atoms with E-state index in [1.165, 1.54) is 0 Å². The second-order valence-electron chi connectivity index (χ2n) is 11.6. The summed E-state index contributed by atoms with van der Waals surface area (Å²) in [6.07, 6.45) is 0. The topological polar surface area (TPSA) is 63.6 Å². The molecule has 0 aliphatic carbocycles. The van der Waals surface area contributed by atoms with E-state index < -0.39 is 0 Å². The summed E-state index contributed by atoms with van der Waals surface area (Å²) >= 11 is 17.4. The maximum Gasteiger partial charge on any atom is 0.200 e. The van der Waals surface area contributed by atoms with Gasteiger partial charge in [-0.15, -0.1) is 0 Å². The highest BCUT2D eigenvalue weighted by molar-refractivity contribution is 14.1. The summed E-state index contributed by atoms with van der Waals surface area (Å²) in [7, 11) is 0. The van der Waals surface area contributed by atoms with Gasteiger partial charge in [-0.1, -0.05) is 183 Å². The van der Waals surface area contributed by atoms with Crippen molar-refractivity contribution >= 4 is 116 Å². The molecule has 0 saturated heterocycles. The van der Waals surface area contributed by atoms with E-state index in [0.29, 0.717) is 32.4 Å². The third-order valence-corrected chi connectivity index (χ3v) is 9.24. The molecule has 8 aromatic carbocycles. The number of ether oxygens (including phenoxy) is 1. The van der Waals surface area contributed by atoms with Gasteiger partial charge in [0.05, 0.1) is 5.33 Å². The number of aromatic hydroxyl groups is 1. The molecule has 0 bridgehead atoms. The number of hydrogen-bond acceptors (Lipinski definition) is 4. The van der Waals surface area contributed by atoms with E-state index in [9.17, 15) is 14.7 Å². The smallest absolute Gasteiger partial charge is 0.200 e. The maximum absolute atomic E-state index is 12.3. The number of carbonyl (C=O) groups is 2. The molecule has 0 amide bonds. The van der Waals surface area contributed by atoms with Gasteiger partial charge in [-0.25, -0.2) is 0 Å². The molecule has 0 aliphatic rings. The van der Waals surface area contributed by atoms with E-state index in [-0.39, 0.29) is 18.2 Å². The van der Waals surface area contributed by atoms with Crippen LogP contribution in [0.1, 0.15) is 20.7 Å². The molecule has 0 aromatic heterocycles. The molecule has 1 N–H and O–H groups in total. The first-order valence-electron chi connectivity index (χ1n) is 16.5. The van der Waals surface area contributed by atoms with Crippen molar-refractivity contribution in [2.75, 3.05) is 16.9 Å². The SMILES string of the molecule is CI.O=C(CBr)c1ccccc1.O=C(COc1cc2ccc(Cl)cc2c2ccccc12)c1ccccc1.Oc1cc2ccc(Cl)cc2c2ccccc12. The maximum atomic E-state index is 12.3. The van der Waals surface area contributed by atoms with Crippen molar-refractivity contribution in [1.82, 2.24) is 0 Å². The van der Waals surface area contributed by atoms with Crippen molar-refractivity contribution < 1.29 is 19.4 Å². The molecule has 0 saturated carbocycles. The van der Waals surface area contributed by atoms with Crippen molar-refractivity contribution in [3.8, 4) is 11.5 Å². The van der Waals surface area contributed by atoms with Crippen molar-refractivity contribution in [3.63, 3.8) is 0 Å². The zero-order valence-corrected chi connectivity index (χ0v) is 33.9. The second-order valence-corrected chi connectivity index (χ2v) is 13.0. The second kappa shape index (κ2) is 19.6. The summed E-state index contributed by atoms with van der Waals surface area (Å²) in [4.78, 5) is 25.3. The van der Waals surface area contributed by atoms with Crippen LogP contribution in [0, 0.1) is 0 Å². The van der Waals surface area contributed by atoms with Crippen molar-refractivity contribution in [3.05, 3.63) is 179 Å². The number of hydrogen-bond donors (Lipinski definition) is 1. The van der Waals surface area contributed by atoms with Crippen LogP contribution in [-0.4, -0.2) is 33.5 Å². The van der Waals surface area contributed by atoms with E-state index in [2.05, 4.69) is 38.5 Å². The van der Waals surface area contributed by atoms with Gasteiger partial charge in [0.25, 0.3) is 0 Å². The van der Waals surface area contributed by atoms with Gasteiger partial charge in [0.2, 0.25) is 0 Å². The lowest BCUT2D eigenvalue weighted by Gasteiger charge is -2.12. The lowest BCUT2D eigenvalue weighted by Crippen LogP contribution is -2.11. The molecule has 8 aromatic rings. The number of halogens is 4. The predicted octanol–water partition coefficient (Wildman–Crippen LogP) is 13.6. The van der Waals surface area contributed by atoms with Crippen LogP contribution >= 0.6 is 61.7 Å². The van der Waals surface area contributed by atoms with Gasteiger partial charge in [-0.3, -0.25) is 9.59 Å².